The van der Waals surface area contributed by atoms with Crippen LogP contribution in [0.4, 0.5) is 13.2 Å². The van der Waals surface area contributed by atoms with Crippen molar-refractivity contribution in [2.24, 2.45) is 0 Å². The van der Waals surface area contributed by atoms with E-state index in [0.29, 0.717) is 13.0 Å². The summed E-state index contributed by atoms with van der Waals surface area (Å²) in [7, 11) is 0.699. The summed E-state index contributed by atoms with van der Waals surface area (Å²) in [5, 5.41) is 0. The summed E-state index contributed by atoms with van der Waals surface area (Å²) in [5.74, 6) is 0. The third-order valence-corrected chi connectivity index (χ3v) is 6.88. The van der Waals surface area contributed by atoms with Crippen molar-refractivity contribution in [3.63, 3.8) is 0 Å². The Morgan fingerprint density at radius 2 is 1.67 bits per heavy atom. The summed E-state index contributed by atoms with van der Waals surface area (Å²) in [6, 6.07) is 6.33. The number of unbranched alkanes of at least 4 members (excludes halogenated alkanes) is 3. The second-order valence-corrected chi connectivity index (χ2v) is 8.61. The molecule has 138 valence electrons. The van der Waals surface area contributed by atoms with Gasteiger partial charge in [0.15, 0.2) is 0 Å². The minimum atomic E-state index is -4.27. The molecular weight excluding hydrogens is 337 g/mol. The molecule has 0 fully saturated rings. The monoisotopic (exact) mass is 364 g/mol. The number of aryl methyl sites for hydroxylation is 1. The van der Waals surface area contributed by atoms with Crippen LogP contribution in [0.3, 0.4) is 0 Å². The molecule has 0 radical (unpaired) electrons. The van der Waals surface area contributed by atoms with Gasteiger partial charge >= 0.3 is 15.0 Å². The number of halogens is 3. The molecular formula is C17H27F3O3Si. The van der Waals surface area contributed by atoms with Crippen LogP contribution in [0.15, 0.2) is 24.3 Å². The van der Waals surface area contributed by atoms with Gasteiger partial charge in [0.1, 0.15) is 0 Å². The third-order valence-electron chi connectivity index (χ3n) is 3.94. The molecule has 3 nitrogen and oxygen atoms in total. The van der Waals surface area contributed by atoms with Gasteiger partial charge in [0.05, 0.1) is 5.56 Å². The van der Waals surface area contributed by atoms with Crippen LogP contribution in [-0.2, 0) is 25.9 Å². The molecule has 0 aliphatic rings. The molecule has 0 amide bonds. The molecule has 0 aliphatic heterocycles. The molecule has 0 saturated carbocycles. The molecule has 24 heavy (non-hydrogen) atoms. The molecule has 1 aromatic rings. The summed E-state index contributed by atoms with van der Waals surface area (Å²) < 4.78 is 54.5. The Bertz CT molecular complexity index is 476. The summed E-state index contributed by atoms with van der Waals surface area (Å²) in [6.07, 6.45) is 0.116. The van der Waals surface area contributed by atoms with Crippen molar-refractivity contribution in [2.75, 3.05) is 20.8 Å². The Labute approximate surface area is 143 Å². The van der Waals surface area contributed by atoms with Crippen LogP contribution in [0.1, 0.15) is 43.7 Å². The molecule has 1 aromatic carbocycles. The van der Waals surface area contributed by atoms with Crippen LogP contribution in [-0.4, -0.2) is 29.6 Å². The standard InChI is InChI=1S/C17H27F3O3Si/c1-4-23-24(21-2,22-3)13-8-6-5-7-10-15-11-9-12-16(14-15)17(18,19)20/h9,11-12,14H,4-8,10,13H2,1-3H3. The summed E-state index contributed by atoms with van der Waals surface area (Å²) >= 11 is 0. The van der Waals surface area contributed by atoms with Gasteiger partial charge in [0.2, 0.25) is 0 Å². The van der Waals surface area contributed by atoms with Crippen molar-refractivity contribution in [2.45, 2.75) is 51.2 Å². The third kappa shape index (κ3) is 6.92. The Morgan fingerprint density at radius 3 is 2.25 bits per heavy atom. The van der Waals surface area contributed by atoms with E-state index < -0.39 is 20.5 Å². The van der Waals surface area contributed by atoms with Crippen LogP contribution in [0.2, 0.25) is 6.04 Å². The Kier molecular flexibility index (Phi) is 8.97. The molecule has 0 spiro atoms. The van der Waals surface area contributed by atoms with Crippen molar-refractivity contribution in [1.29, 1.82) is 0 Å². The van der Waals surface area contributed by atoms with E-state index in [9.17, 15) is 13.2 Å². The van der Waals surface area contributed by atoms with Crippen molar-refractivity contribution in [1.82, 2.24) is 0 Å². The van der Waals surface area contributed by atoms with Crippen LogP contribution in [0.25, 0.3) is 0 Å². The second kappa shape index (κ2) is 10.2. The lowest BCUT2D eigenvalue weighted by Gasteiger charge is -2.25. The van der Waals surface area contributed by atoms with Gasteiger partial charge < -0.3 is 13.3 Å². The number of hydrogen-bond acceptors (Lipinski definition) is 3. The van der Waals surface area contributed by atoms with Crippen LogP contribution >= 0.6 is 0 Å². The van der Waals surface area contributed by atoms with E-state index in [2.05, 4.69) is 0 Å². The van der Waals surface area contributed by atoms with Crippen molar-refractivity contribution in [3.05, 3.63) is 35.4 Å². The van der Waals surface area contributed by atoms with E-state index in [4.69, 9.17) is 13.3 Å². The van der Waals surface area contributed by atoms with Gasteiger partial charge in [-0.25, -0.2) is 0 Å². The summed E-state index contributed by atoms with van der Waals surface area (Å²) in [6.45, 7) is 2.47. The normalized spacial score (nSPS) is 12.6. The number of benzene rings is 1. The van der Waals surface area contributed by atoms with Crippen molar-refractivity contribution < 1.29 is 26.4 Å². The molecule has 0 atom stereocenters. The Hall–Kier alpha value is -0.893. The van der Waals surface area contributed by atoms with Gasteiger partial charge in [-0.2, -0.15) is 13.2 Å². The first-order chi connectivity index (χ1) is 11.4. The van der Waals surface area contributed by atoms with Gasteiger partial charge in [0, 0.05) is 26.9 Å². The SMILES string of the molecule is CCO[Si](CCCCCCc1cccc(C(F)(F)F)c1)(OC)OC. The van der Waals surface area contributed by atoms with E-state index in [1.807, 2.05) is 6.92 Å². The molecule has 0 unspecified atom stereocenters. The average Bonchev–Trinajstić information content (AvgIpc) is 2.56. The van der Waals surface area contributed by atoms with Gasteiger partial charge in [-0.05, 0) is 37.8 Å². The maximum absolute atomic E-state index is 12.7. The maximum atomic E-state index is 12.7. The predicted molar refractivity (Wildman–Crippen MR) is 89.8 cm³/mol. The summed E-state index contributed by atoms with van der Waals surface area (Å²) in [5.41, 5.74) is 0.157. The van der Waals surface area contributed by atoms with E-state index in [0.717, 1.165) is 43.4 Å². The smallest absolute Gasteiger partial charge is 0.377 e. The quantitative estimate of drug-likeness (QED) is 0.405. The molecule has 0 bridgehead atoms. The number of hydrogen-bond donors (Lipinski definition) is 0. The van der Waals surface area contributed by atoms with E-state index in [-0.39, 0.29) is 0 Å². The highest BCUT2D eigenvalue weighted by Crippen LogP contribution is 2.29. The first-order valence-corrected chi connectivity index (χ1v) is 10.2. The van der Waals surface area contributed by atoms with Gasteiger partial charge in [-0.15, -0.1) is 0 Å². The highest BCUT2D eigenvalue weighted by molar-refractivity contribution is 6.60. The number of alkyl halides is 3. The zero-order valence-corrected chi connectivity index (χ0v) is 15.6. The fourth-order valence-electron chi connectivity index (χ4n) is 2.62. The minimum absolute atomic E-state index is 0.559. The fourth-order valence-corrected chi connectivity index (χ4v) is 4.70. The lowest BCUT2D eigenvalue weighted by molar-refractivity contribution is -0.137. The largest absolute Gasteiger partial charge is 0.500 e. The Morgan fingerprint density at radius 1 is 1.00 bits per heavy atom. The first-order valence-electron chi connectivity index (χ1n) is 8.27. The zero-order valence-electron chi connectivity index (χ0n) is 14.6. The molecule has 0 N–H and O–H groups in total. The van der Waals surface area contributed by atoms with Crippen molar-refractivity contribution >= 4 is 8.80 Å². The number of rotatable bonds is 11. The fraction of sp³-hybridized carbons (Fsp3) is 0.647. The van der Waals surface area contributed by atoms with Crippen LogP contribution in [0, 0.1) is 0 Å². The minimum Gasteiger partial charge on any atom is -0.377 e. The van der Waals surface area contributed by atoms with Gasteiger partial charge in [-0.1, -0.05) is 31.0 Å². The maximum Gasteiger partial charge on any atom is 0.500 e. The molecule has 0 heterocycles. The van der Waals surface area contributed by atoms with Crippen LogP contribution in [0.5, 0.6) is 0 Å². The molecule has 0 aromatic heterocycles. The predicted octanol–water partition coefficient (Wildman–Crippen LogP) is 5.08. The summed E-state index contributed by atoms with van der Waals surface area (Å²) in [4.78, 5) is 0. The first kappa shape index (κ1) is 21.2. The lowest BCUT2D eigenvalue weighted by atomic mass is 10.0. The van der Waals surface area contributed by atoms with E-state index >= 15 is 0 Å². The average molecular weight is 364 g/mol. The van der Waals surface area contributed by atoms with Crippen LogP contribution < -0.4 is 0 Å². The van der Waals surface area contributed by atoms with Crippen molar-refractivity contribution in [3.8, 4) is 0 Å². The molecule has 0 aliphatic carbocycles. The Balaban J connectivity index is 2.32. The van der Waals surface area contributed by atoms with E-state index in [1.54, 1.807) is 20.3 Å². The molecule has 7 heteroatoms. The highest BCUT2D eigenvalue weighted by atomic mass is 28.4. The van der Waals surface area contributed by atoms with Gasteiger partial charge in [0.25, 0.3) is 0 Å². The highest BCUT2D eigenvalue weighted by Gasteiger charge is 2.37. The topological polar surface area (TPSA) is 27.7 Å². The molecule has 0 saturated heterocycles. The lowest BCUT2D eigenvalue weighted by Crippen LogP contribution is -2.43. The molecule has 1 rings (SSSR count). The van der Waals surface area contributed by atoms with Gasteiger partial charge in [-0.3, -0.25) is 0 Å². The van der Waals surface area contributed by atoms with E-state index in [1.165, 1.54) is 12.1 Å². The second-order valence-electron chi connectivity index (χ2n) is 5.64. The zero-order chi connectivity index (χ0) is 18.1.